The minimum Gasteiger partial charge on any atom is -0.435 e. The fraction of sp³-hybridized carbons (Fsp3) is 0.174. The summed E-state index contributed by atoms with van der Waals surface area (Å²) in [5.41, 5.74) is 1.39. The second-order valence-corrected chi connectivity index (χ2v) is 7.59. The standard InChI is InChI=1S/C23H20F3N3O3S/c1-15(30)29(20-5-3-2-4-19(20)24)23-28-17(14-33-23)8-11-21(31)27-13-12-16-6-9-18(10-7-16)32-22(25)26/h2-11,14,22H,12-13H2,1H3,(H,27,31)/b11-8+. The van der Waals surface area contributed by atoms with Crippen molar-refractivity contribution in [2.75, 3.05) is 11.4 Å². The van der Waals surface area contributed by atoms with Crippen molar-refractivity contribution in [3.8, 4) is 5.75 Å². The topological polar surface area (TPSA) is 71.5 Å². The first-order valence-electron chi connectivity index (χ1n) is 9.84. The molecule has 3 aromatic rings. The summed E-state index contributed by atoms with van der Waals surface area (Å²) in [4.78, 5) is 29.6. The highest BCUT2D eigenvalue weighted by Crippen LogP contribution is 2.30. The van der Waals surface area contributed by atoms with Crippen molar-refractivity contribution < 1.29 is 27.5 Å². The Morgan fingerprint density at radius 2 is 1.91 bits per heavy atom. The molecule has 0 bridgehead atoms. The van der Waals surface area contributed by atoms with Crippen LogP contribution in [0.25, 0.3) is 6.08 Å². The van der Waals surface area contributed by atoms with Crippen molar-refractivity contribution in [1.82, 2.24) is 10.3 Å². The predicted molar refractivity (Wildman–Crippen MR) is 120 cm³/mol. The number of anilines is 2. The molecule has 10 heteroatoms. The number of hydrogen-bond acceptors (Lipinski definition) is 5. The second kappa shape index (κ2) is 11.3. The largest absolute Gasteiger partial charge is 0.435 e. The van der Waals surface area contributed by atoms with E-state index < -0.39 is 18.3 Å². The van der Waals surface area contributed by atoms with Gasteiger partial charge < -0.3 is 10.1 Å². The van der Waals surface area contributed by atoms with Gasteiger partial charge in [0.25, 0.3) is 0 Å². The number of carbonyl (C=O) groups excluding carboxylic acids is 2. The summed E-state index contributed by atoms with van der Waals surface area (Å²) >= 11 is 1.15. The molecular weight excluding hydrogens is 455 g/mol. The third kappa shape index (κ3) is 6.91. The molecule has 1 aromatic heterocycles. The number of hydrogen-bond donors (Lipinski definition) is 1. The predicted octanol–water partition coefficient (Wildman–Crippen LogP) is 4.94. The number of para-hydroxylation sites is 1. The van der Waals surface area contributed by atoms with Crippen LogP contribution in [-0.4, -0.2) is 30.0 Å². The maximum Gasteiger partial charge on any atom is 0.387 e. The summed E-state index contributed by atoms with van der Waals surface area (Å²) in [7, 11) is 0. The Labute approximate surface area is 192 Å². The summed E-state index contributed by atoms with van der Waals surface area (Å²) in [6.45, 7) is -1.22. The molecule has 0 fully saturated rings. The number of nitrogens with zero attached hydrogens (tertiary/aromatic N) is 2. The lowest BCUT2D eigenvalue weighted by atomic mass is 10.1. The van der Waals surface area contributed by atoms with E-state index in [1.807, 2.05) is 0 Å². The van der Waals surface area contributed by atoms with E-state index in [4.69, 9.17) is 0 Å². The molecule has 1 N–H and O–H groups in total. The lowest BCUT2D eigenvalue weighted by Crippen LogP contribution is -2.23. The Morgan fingerprint density at radius 1 is 1.18 bits per heavy atom. The third-order valence-corrected chi connectivity index (χ3v) is 5.22. The fourth-order valence-electron chi connectivity index (χ4n) is 2.88. The van der Waals surface area contributed by atoms with E-state index in [0.717, 1.165) is 16.9 Å². The van der Waals surface area contributed by atoms with Gasteiger partial charge in [-0.3, -0.25) is 14.5 Å². The molecule has 0 unspecified atom stereocenters. The van der Waals surface area contributed by atoms with Crippen LogP contribution in [0.3, 0.4) is 0 Å². The molecular formula is C23H20F3N3O3S. The average Bonchev–Trinajstić information content (AvgIpc) is 3.23. The van der Waals surface area contributed by atoms with Crippen molar-refractivity contribution in [2.45, 2.75) is 20.0 Å². The number of ether oxygens (including phenoxy) is 1. The molecule has 2 amide bonds. The summed E-state index contributed by atoms with van der Waals surface area (Å²) in [5.74, 6) is -1.21. The van der Waals surface area contributed by atoms with Crippen LogP contribution in [0.1, 0.15) is 18.2 Å². The molecule has 2 aromatic carbocycles. The lowest BCUT2D eigenvalue weighted by Gasteiger charge is -2.18. The van der Waals surface area contributed by atoms with Gasteiger partial charge >= 0.3 is 6.61 Å². The first-order valence-corrected chi connectivity index (χ1v) is 10.7. The third-order valence-electron chi connectivity index (χ3n) is 4.38. The van der Waals surface area contributed by atoms with Crippen LogP contribution in [0.4, 0.5) is 24.0 Å². The van der Waals surface area contributed by atoms with E-state index >= 15 is 0 Å². The van der Waals surface area contributed by atoms with Crippen LogP contribution in [0.2, 0.25) is 0 Å². The number of carbonyl (C=O) groups is 2. The minimum absolute atomic E-state index is 0.0710. The molecule has 0 saturated carbocycles. The molecule has 0 saturated heterocycles. The molecule has 0 aliphatic rings. The number of amides is 2. The molecule has 172 valence electrons. The van der Waals surface area contributed by atoms with Crippen molar-refractivity contribution in [3.05, 3.63) is 77.1 Å². The highest BCUT2D eigenvalue weighted by molar-refractivity contribution is 7.14. The number of benzene rings is 2. The molecule has 0 radical (unpaired) electrons. The monoisotopic (exact) mass is 475 g/mol. The van der Waals surface area contributed by atoms with Crippen LogP contribution in [0.5, 0.6) is 5.75 Å². The SMILES string of the molecule is CC(=O)N(c1nc(/C=C/C(=O)NCCc2ccc(OC(F)F)cc2)cs1)c1ccccc1F. The number of alkyl halides is 2. The van der Waals surface area contributed by atoms with Crippen LogP contribution in [0.15, 0.2) is 60.0 Å². The zero-order valence-electron chi connectivity index (χ0n) is 17.5. The molecule has 6 nitrogen and oxygen atoms in total. The summed E-state index contributed by atoms with van der Waals surface area (Å²) in [6, 6.07) is 12.1. The molecule has 3 rings (SSSR count). The first kappa shape index (κ1) is 24.0. The number of nitrogens with one attached hydrogen (secondary N) is 1. The maximum absolute atomic E-state index is 14.1. The van der Waals surface area contributed by atoms with Gasteiger partial charge in [0.2, 0.25) is 11.8 Å². The summed E-state index contributed by atoms with van der Waals surface area (Å²) < 4.78 is 42.8. The van der Waals surface area contributed by atoms with Gasteiger partial charge in [0.15, 0.2) is 5.13 Å². The maximum atomic E-state index is 14.1. The van der Waals surface area contributed by atoms with Crippen molar-refractivity contribution >= 4 is 40.0 Å². The van der Waals surface area contributed by atoms with Crippen LogP contribution >= 0.6 is 11.3 Å². The number of rotatable bonds is 9. The molecule has 0 aliphatic heterocycles. The summed E-state index contributed by atoms with van der Waals surface area (Å²) in [5, 5.41) is 4.65. The van der Waals surface area contributed by atoms with Gasteiger partial charge in [-0.2, -0.15) is 8.78 Å². The minimum atomic E-state index is -2.87. The highest BCUT2D eigenvalue weighted by Gasteiger charge is 2.20. The zero-order chi connectivity index (χ0) is 23.8. The Morgan fingerprint density at radius 3 is 2.58 bits per heavy atom. The van der Waals surface area contributed by atoms with E-state index in [1.165, 1.54) is 54.3 Å². The van der Waals surface area contributed by atoms with Gasteiger partial charge in [0.1, 0.15) is 11.6 Å². The second-order valence-electron chi connectivity index (χ2n) is 6.76. The van der Waals surface area contributed by atoms with Gasteiger partial charge in [-0.25, -0.2) is 9.37 Å². The lowest BCUT2D eigenvalue weighted by molar-refractivity contribution is -0.117. The molecule has 0 atom stereocenters. The van der Waals surface area contributed by atoms with Gasteiger partial charge in [-0.15, -0.1) is 11.3 Å². The smallest absolute Gasteiger partial charge is 0.387 e. The van der Waals surface area contributed by atoms with Crippen molar-refractivity contribution in [3.63, 3.8) is 0 Å². The average molecular weight is 475 g/mol. The van der Waals surface area contributed by atoms with Crippen LogP contribution in [-0.2, 0) is 16.0 Å². The Kier molecular flexibility index (Phi) is 8.20. The van der Waals surface area contributed by atoms with E-state index in [9.17, 15) is 22.8 Å². The van der Waals surface area contributed by atoms with Crippen LogP contribution in [0, 0.1) is 5.82 Å². The zero-order valence-corrected chi connectivity index (χ0v) is 18.3. The quantitative estimate of drug-likeness (QED) is 0.445. The van der Waals surface area contributed by atoms with Crippen molar-refractivity contribution in [1.29, 1.82) is 0 Å². The Bertz CT molecular complexity index is 1130. The number of halogens is 3. The van der Waals surface area contributed by atoms with E-state index in [1.54, 1.807) is 23.6 Å². The van der Waals surface area contributed by atoms with E-state index in [0.29, 0.717) is 18.7 Å². The Balaban J connectivity index is 1.54. The first-order chi connectivity index (χ1) is 15.8. The highest BCUT2D eigenvalue weighted by atomic mass is 32.1. The van der Waals surface area contributed by atoms with E-state index in [2.05, 4.69) is 15.0 Å². The van der Waals surface area contributed by atoms with Gasteiger partial charge in [-0.05, 0) is 42.3 Å². The molecule has 0 aliphatic carbocycles. The van der Waals surface area contributed by atoms with E-state index in [-0.39, 0.29) is 22.5 Å². The van der Waals surface area contributed by atoms with Crippen molar-refractivity contribution in [2.24, 2.45) is 0 Å². The fourth-order valence-corrected chi connectivity index (χ4v) is 3.73. The molecule has 33 heavy (non-hydrogen) atoms. The Hall–Kier alpha value is -3.66. The molecule has 1 heterocycles. The van der Waals surface area contributed by atoms with Gasteiger partial charge in [-0.1, -0.05) is 24.3 Å². The molecule has 0 spiro atoms. The number of thiazole rings is 1. The van der Waals surface area contributed by atoms with Gasteiger partial charge in [0, 0.05) is 24.9 Å². The normalized spacial score (nSPS) is 11.1. The summed E-state index contributed by atoms with van der Waals surface area (Å²) in [6.07, 6.45) is 3.30. The number of aromatic nitrogens is 1. The van der Waals surface area contributed by atoms with Gasteiger partial charge in [0.05, 0.1) is 11.4 Å². The van der Waals surface area contributed by atoms with Crippen LogP contribution < -0.4 is 15.0 Å².